The molecule has 2 heterocycles. The first kappa shape index (κ1) is 18.8. The van der Waals surface area contributed by atoms with Crippen molar-refractivity contribution in [1.82, 2.24) is 19.6 Å². The molecule has 0 aromatic carbocycles. The van der Waals surface area contributed by atoms with Gasteiger partial charge in [0, 0.05) is 11.4 Å². The first-order valence-corrected chi connectivity index (χ1v) is 9.32. The van der Waals surface area contributed by atoms with Crippen LogP contribution >= 0.6 is 0 Å². The van der Waals surface area contributed by atoms with Crippen LogP contribution in [-0.2, 0) is 0 Å². The molecule has 0 aliphatic heterocycles. The molecular formula is C20H34N4. The molecule has 4 heteroatoms. The van der Waals surface area contributed by atoms with Crippen molar-refractivity contribution in [1.29, 1.82) is 0 Å². The number of rotatable bonds is 6. The van der Waals surface area contributed by atoms with Crippen molar-refractivity contribution in [3.63, 3.8) is 0 Å². The van der Waals surface area contributed by atoms with E-state index in [-0.39, 0.29) is 6.17 Å². The largest absolute Gasteiger partial charge is 0.245 e. The van der Waals surface area contributed by atoms with Crippen molar-refractivity contribution in [2.24, 2.45) is 0 Å². The van der Waals surface area contributed by atoms with E-state index in [2.05, 4.69) is 83.8 Å². The van der Waals surface area contributed by atoms with Crippen molar-refractivity contribution in [2.75, 3.05) is 0 Å². The van der Waals surface area contributed by atoms with Crippen molar-refractivity contribution in [3.8, 4) is 0 Å². The summed E-state index contributed by atoms with van der Waals surface area (Å²) >= 11 is 0. The molecule has 0 aliphatic carbocycles. The molecule has 24 heavy (non-hydrogen) atoms. The average Bonchev–Trinajstić information content (AvgIpc) is 3.11. The molecule has 2 rings (SSSR count). The van der Waals surface area contributed by atoms with Gasteiger partial charge in [-0.1, -0.05) is 55.4 Å². The molecule has 0 unspecified atom stereocenters. The first-order chi connectivity index (χ1) is 11.1. The van der Waals surface area contributed by atoms with Gasteiger partial charge in [0.05, 0.1) is 11.4 Å². The Morgan fingerprint density at radius 2 is 0.917 bits per heavy atom. The maximum absolute atomic E-state index is 4.92. The third kappa shape index (κ3) is 3.57. The molecule has 0 atom stereocenters. The van der Waals surface area contributed by atoms with E-state index in [1.165, 1.54) is 11.4 Å². The maximum Gasteiger partial charge on any atom is 0.141 e. The Kier molecular flexibility index (Phi) is 5.56. The van der Waals surface area contributed by atoms with Crippen molar-refractivity contribution >= 4 is 0 Å². The molecular weight excluding hydrogens is 296 g/mol. The molecule has 0 N–H and O–H groups in total. The topological polar surface area (TPSA) is 35.6 Å². The van der Waals surface area contributed by atoms with E-state index in [1.807, 2.05) is 0 Å². The van der Waals surface area contributed by atoms with Gasteiger partial charge in [-0.15, -0.1) is 0 Å². The molecule has 0 saturated carbocycles. The lowest BCUT2D eigenvalue weighted by Gasteiger charge is -2.21. The molecule has 2 aromatic rings. The third-order valence-electron chi connectivity index (χ3n) is 4.64. The molecule has 0 bridgehead atoms. The standard InChI is InChI=1S/C20H34N4/c1-12(2)17-10-19(14(5)6)23(21-17)16(9)24-20(15(7)8)11-18(22-24)13(3)4/h10-16H,1-9H3. The molecule has 0 saturated heterocycles. The van der Waals surface area contributed by atoms with Gasteiger partial charge in [-0.3, -0.25) is 0 Å². The van der Waals surface area contributed by atoms with Gasteiger partial charge in [-0.25, -0.2) is 9.36 Å². The second kappa shape index (κ2) is 7.12. The Balaban J connectivity index is 2.54. The minimum Gasteiger partial charge on any atom is -0.245 e. The van der Waals surface area contributed by atoms with Crippen LogP contribution in [-0.4, -0.2) is 19.6 Å². The zero-order valence-electron chi connectivity index (χ0n) is 16.8. The van der Waals surface area contributed by atoms with Gasteiger partial charge in [-0.05, 0) is 42.7 Å². The minimum atomic E-state index is 0.0831. The molecule has 0 aliphatic rings. The number of hydrogen-bond donors (Lipinski definition) is 0. The van der Waals surface area contributed by atoms with E-state index in [9.17, 15) is 0 Å². The monoisotopic (exact) mass is 330 g/mol. The lowest BCUT2D eigenvalue weighted by molar-refractivity contribution is 0.356. The van der Waals surface area contributed by atoms with Crippen LogP contribution in [0.25, 0.3) is 0 Å². The van der Waals surface area contributed by atoms with Gasteiger partial charge in [0.2, 0.25) is 0 Å². The summed E-state index contributed by atoms with van der Waals surface area (Å²) in [6, 6.07) is 4.52. The smallest absolute Gasteiger partial charge is 0.141 e. The highest BCUT2D eigenvalue weighted by Crippen LogP contribution is 2.28. The van der Waals surface area contributed by atoms with Crippen LogP contribution in [0, 0.1) is 0 Å². The summed E-state index contributed by atoms with van der Waals surface area (Å²) in [4.78, 5) is 0. The second-order valence-electron chi connectivity index (χ2n) is 8.13. The van der Waals surface area contributed by atoms with Crippen LogP contribution in [0.1, 0.15) is 115 Å². The molecule has 2 aromatic heterocycles. The van der Waals surface area contributed by atoms with Gasteiger partial charge in [0.25, 0.3) is 0 Å². The van der Waals surface area contributed by atoms with Crippen LogP contribution in [0.2, 0.25) is 0 Å². The van der Waals surface area contributed by atoms with Crippen LogP contribution < -0.4 is 0 Å². The fourth-order valence-corrected chi connectivity index (χ4v) is 2.99. The van der Waals surface area contributed by atoms with Gasteiger partial charge in [-0.2, -0.15) is 10.2 Å². The van der Waals surface area contributed by atoms with E-state index in [1.54, 1.807) is 0 Å². The van der Waals surface area contributed by atoms with Crippen LogP contribution in [0.15, 0.2) is 12.1 Å². The highest BCUT2D eigenvalue weighted by atomic mass is 15.5. The van der Waals surface area contributed by atoms with E-state index in [0.29, 0.717) is 23.7 Å². The molecule has 0 fully saturated rings. The van der Waals surface area contributed by atoms with E-state index < -0.39 is 0 Å². The molecule has 0 spiro atoms. The number of hydrogen-bond acceptors (Lipinski definition) is 2. The Bertz CT molecular complexity index is 616. The summed E-state index contributed by atoms with van der Waals surface area (Å²) in [5.41, 5.74) is 4.88. The molecule has 134 valence electrons. The van der Waals surface area contributed by atoms with Crippen molar-refractivity contribution in [2.45, 2.75) is 92.2 Å². The van der Waals surface area contributed by atoms with Gasteiger partial charge < -0.3 is 0 Å². The number of aromatic nitrogens is 4. The fourth-order valence-electron chi connectivity index (χ4n) is 2.99. The molecule has 0 amide bonds. The van der Waals surface area contributed by atoms with Crippen molar-refractivity contribution < 1.29 is 0 Å². The Morgan fingerprint density at radius 3 is 1.17 bits per heavy atom. The molecule has 0 radical (unpaired) electrons. The van der Waals surface area contributed by atoms with Crippen LogP contribution in [0.3, 0.4) is 0 Å². The Morgan fingerprint density at radius 1 is 0.583 bits per heavy atom. The summed E-state index contributed by atoms with van der Waals surface area (Å²) in [6.07, 6.45) is 0.0831. The van der Waals surface area contributed by atoms with Gasteiger partial charge >= 0.3 is 0 Å². The second-order valence-corrected chi connectivity index (χ2v) is 8.13. The lowest BCUT2D eigenvalue weighted by Crippen LogP contribution is -2.22. The zero-order valence-corrected chi connectivity index (χ0v) is 16.8. The Labute approximate surface area is 147 Å². The summed E-state index contributed by atoms with van der Waals surface area (Å²) in [5, 5.41) is 9.84. The maximum atomic E-state index is 4.92. The highest BCUT2D eigenvalue weighted by molar-refractivity contribution is 5.20. The SMILES string of the molecule is CC(C)c1cc(C(C)C)n(C(C)n2nc(C(C)C)cc2C(C)C)n1. The summed E-state index contributed by atoms with van der Waals surface area (Å²) < 4.78 is 4.34. The van der Waals surface area contributed by atoms with Gasteiger partial charge in [0.1, 0.15) is 6.17 Å². The van der Waals surface area contributed by atoms with Crippen molar-refractivity contribution in [3.05, 3.63) is 34.9 Å². The van der Waals surface area contributed by atoms with Crippen LogP contribution in [0.4, 0.5) is 0 Å². The van der Waals surface area contributed by atoms with E-state index in [4.69, 9.17) is 10.2 Å². The summed E-state index contributed by atoms with van der Waals surface area (Å²) in [5.74, 6) is 1.75. The van der Waals surface area contributed by atoms with E-state index >= 15 is 0 Å². The summed E-state index contributed by atoms with van der Waals surface area (Å²) in [7, 11) is 0. The zero-order chi connectivity index (χ0) is 18.2. The predicted octanol–water partition coefficient (Wildman–Crippen LogP) is 5.64. The van der Waals surface area contributed by atoms with Gasteiger partial charge in [0.15, 0.2) is 0 Å². The third-order valence-corrected chi connectivity index (χ3v) is 4.64. The normalized spacial score (nSPS) is 12.6. The fraction of sp³-hybridized carbons (Fsp3) is 0.700. The minimum absolute atomic E-state index is 0.0831. The first-order valence-electron chi connectivity index (χ1n) is 9.32. The number of nitrogens with zero attached hydrogens (tertiary/aromatic N) is 4. The Hall–Kier alpha value is -1.58. The van der Waals surface area contributed by atoms with Crippen LogP contribution in [0.5, 0.6) is 0 Å². The highest BCUT2D eigenvalue weighted by Gasteiger charge is 2.22. The predicted molar refractivity (Wildman–Crippen MR) is 101 cm³/mol. The van der Waals surface area contributed by atoms with E-state index in [0.717, 1.165) is 11.4 Å². The molecule has 4 nitrogen and oxygen atoms in total. The average molecular weight is 331 g/mol. The quantitative estimate of drug-likeness (QED) is 0.687. The lowest BCUT2D eigenvalue weighted by atomic mass is 10.1. The summed E-state index contributed by atoms with van der Waals surface area (Å²) in [6.45, 7) is 19.9.